The number of methoxy groups -OCH3 is 2. The van der Waals surface area contributed by atoms with Crippen LogP contribution in [0.25, 0.3) is 0 Å². The molecule has 0 aliphatic rings. The quantitative estimate of drug-likeness (QED) is 0.911. The number of ether oxygens (including phenoxy) is 2. The zero-order chi connectivity index (χ0) is 14.7. The van der Waals surface area contributed by atoms with Gasteiger partial charge in [0.25, 0.3) is 0 Å². The van der Waals surface area contributed by atoms with Gasteiger partial charge in [-0.2, -0.15) is 0 Å². The van der Waals surface area contributed by atoms with Gasteiger partial charge in [-0.1, -0.05) is 0 Å². The van der Waals surface area contributed by atoms with Gasteiger partial charge < -0.3 is 14.8 Å². The summed E-state index contributed by atoms with van der Waals surface area (Å²) in [4.78, 5) is 2.64. The highest BCUT2D eigenvalue weighted by Gasteiger charge is 2.21. The van der Waals surface area contributed by atoms with E-state index in [1.165, 1.54) is 15.3 Å². The number of aryl methyl sites for hydroxylation is 2. The smallest absolute Gasteiger partial charge is 0.124 e. The molecule has 0 aliphatic carbocycles. The molecule has 2 aromatic rings. The van der Waals surface area contributed by atoms with E-state index < -0.39 is 0 Å². The van der Waals surface area contributed by atoms with Gasteiger partial charge in [-0.3, -0.25) is 0 Å². The summed E-state index contributed by atoms with van der Waals surface area (Å²) in [6, 6.07) is 8.24. The second-order valence-electron chi connectivity index (χ2n) is 4.73. The summed E-state index contributed by atoms with van der Waals surface area (Å²) in [6.45, 7) is 4.28. The third kappa shape index (κ3) is 2.81. The zero-order valence-corrected chi connectivity index (χ0v) is 13.4. The lowest BCUT2D eigenvalue weighted by Crippen LogP contribution is -2.18. The van der Waals surface area contributed by atoms with Crippen molar-refractivity contribution in [3.05, 3.63) is 45.1 Å². The van der Waals surface area contributed by atoms with E-state index in [0.29, 0.717) is 0 Å². The highest BCUT2D eigenvalue weighted by atomic mass is 32.1. The molecule has 2 rings (SSSR count). The predicted octanol–water partition coefficient (Wildman–Crippen LogP) is 3.69. The SMILES string of the molecule is CNC(c1cc(OC)ccc1OC)c1sc(C)cc1C. The molecule has 108 valence electrons. The first-order valence-corrected chi connectivity index (χ1v) is 7.38. The summed E-state index contributed by atoms with van der Waals surface area (Å²) in [6.07, 6.45) is 0. The van der Waals surface area contributed by atoms with E-state index in [-0.39, 0.29) is 6.04 Å². The fourth-order valence-electron chi connectivity index (χ4n) is 2.44. The molecule has 4 heteroatoms. The zero-order valence-electron chi connectivity index (χ0n) is 12.6. The van der Waals surface area contributed by atoms with Crippen molar-refractivity contribution in [2.24, 2.45) is 0 Å². The molecule has 0 bridgehead atoms. The summed E-state index contributed by atoms with van der Waals surface area (Å²) in [5.41, 5.74) is 2.40. The summed E-state index contributed by atoms with van der Waals surface area (Å²) < 4.78 is 10.8. The van der Waals surface area contributed by atoms with Gasteiger partial charge in [-0.05, 0) is 50.7 Å². The third-order valence-corrected chi connectivity index (χ3v) is 4.60. The topological polar surface area (TPSA) is 30.5 Å². The monoisotopic (exact) mass is 291 g/mol. The normalized spacial score (nSPS) is 12.2. The Morgan fingerprint density at radius 3 is 2.35 bits per heavy atom. The van der Waals surface area contributed by atoms with Gasteiger partial charge in [0, 0.05) is 15.3 Å². The predicted molar refractivity (Wildman–Crippen MR) is 84.2 cm³/mol. The minimum atomic E-state index is 0.110. The molecule has 1 heterocycles. The fraction of sp³-hybridized carbons (Fsp3) is 0.375. The van der Waals surface area contributed by atoms with Crippen molar-refractivity contribution in [1.29, 1.82) is 0 Å². The van der Waals surface area contributed by atoms with Crippen LogP contribution in [0.4, 0.5) is 0 Å². The first kappa shape index (κ1) is 14.9. The molecule has 0 saturated heterocycles. The molecular weight excluding hydrogens is 270 g/mol. The van der Waals surface area contributed by atoms with Crippen LogP contribution >= 0.6 is 11.3 Å². The van der Waals surface area contributed by atoms with Crippen LogP contribution in [-0.4, -0.2) is 21.3 Å². The van der Waals surface area contributed by atoms with Gasteiger partial charge in [0.2, 0.25) is 0 Å². The van der Waals surface area contributed by atoms with Crippen molar-refractivity contribution in [3.63, 3.8) is 0 Å². The van der Waals surface area contributed by atoms with Gasteiger partial charge in [0.05, 0.1) is 20.3 Å². The summed E-state index contributed by atoms with van der Waals surface area (Å²) in [7, 11) is 5.35. The highest BCUT2D eigenvalue weighted by molar-refractivity contribution is 7.12. The lowest BCUT2D eigenvalue weighted by molar-refractivity contribution is 0.395. The van der Waals surface area contributed by atoms with Crippen molar-refractivity contribution in [2.75, 3.05) is 21.3 Å². The Bertz CT molecular complexity index is 592. The number of rotatable bonds is 5. The first-order chi connectivity index (χ1) is 9.60. The van der Waals surface area contributed by atoms with Crippen LogP contribution in [0.5, 0.6) is 11.5 Å². The molecular formula is C16H21NO2S. The highest BCUT2D eigenvalue weighted by Crippen LogP contribution is 2.37. The van der Waals surface area contributed by atoms with Crippen molar-refractivity contribution in [2.45, 2.75) is 19.9 Å². The Labute approximate surface area is 124 Å². The molecule has 1 atom stereocenters. The van der Waals surface area contributed by atoms with Gasteiger partial charge in [-0.25, -0.2) is 0 Å². The van der Waals surface area contributed by atoms with Crippen LogP contribution in [0, 0.1) is 13.8 Å². The second kappa shape index (κ2) is 6.29. The fourth-order valence-corrected chi connectivity index (χ4v) is 3.60. The number of hydrogen-bond donors (Lipinski definition) is 1. The van der Waals surface area contributed by atoms with Gasteiger partial charge in [0.1, 0.15) is 11.5 Å². The van der Waals surface area contributed by atoms with Gasteiger partial charge >= 0.3 is 0 Å². The third-order valence-electron chi connectivity index (χ3n) is 3.38. The van der Waals surface area contributed by atoms with Gasteiger partial charge in [0.15, 0.2) is 0 Å². The Balaban J connectivity index is 2.53. The summed E-state index contributed by atoms with van der Waals surface area (Å²) in [5.74, 6) is 1.71. The Morgan fingerprint density at radius 2 is 1.85 bits per heavy atom. The lowest BCUT2D eigenvalue weighted by atomic mass is 10.0. The largest absolute Gasteiger partial charge is 0.497 e. The van der Waals surface area contributed by atoms with E-state index in [2.05, 4.69) is 25.2 Å². The number of thiophene rings is 1. The van der Waals surface area contributed by atoms with Crippen LogP contribution in [-0.2, 0) is 0 Å². The molecule has 3 nitrogen and oxygen atoms in total. The molecule has 1 aromatic heterocycles. The molecule has 0 spiro atoms. The first-order valence-electron chi connectivity index (χ1n) is 6.56. The maximum Gasteiger partial charge on any atom is 0.124 e. The number of hydrogen-bond acceptors (Lipinski definition) is 4. The van der Waals surface area contributed by atoms with Crippen molar-refractivity contribution in [3.8, 4) is 11.5 Å². The molecule has 0 aliphatic heterocycles. The average Bonchev–Trinajstić information content (AvgIpc) is 2.78. The van der Waals surface area contributed by atoms with E-state index in [0.717, 1.165) is 17.1 Å². The standard InChI is InChI=1S/C16H21NO2S/c1-10-8-11(2)20-16(10)15(17-3)13-9-12(18-4)6-7-14(13)19-5/h6-9,15,17H,1-5H3. The molecule has 1 unspecified atom stereocenters. The Kier molecular flexibility index (Phi) is 4.68. The van der Waals surface area contributed by atoms with Crippen LogP contribution in [0.15, 0.2) is 24.3 Å². The van der Waals surface area contributed by atoms with Gasteiger partial charge in [-0.15, -0.1) is 11.3 Å². The molecule has 0 saturated carbocycles. The average molecular weight is 291 g/mol. The van der Waals surface area contributed by atoms with E-state index in [4.69, 9.17) is 9.47 Å². The molecule has 20 heavy (non-hydrogen) atoms. The van der Waals surface area contributed by atoms with Crippen LogP contribution < -0.4 is 14.8 Å². The number of benzene rings is 1. The Hall–Kier alpha value is -1.52. The second-order valence-corrected chi connectivity index (χ2v) is 6.02. The van der Waals surface area contributed by atoms with Crippen LogP contribution in [0.3, 0.4) is 0 Å². The molecule has 0 radical (unpaired) electrons. The van der Waals surface area contributed by atoms with Crippen molar-refractivity contribution in [1.82, 2.24) is 5.32 Å². The van der Waals surface area contributed by atoms with Crippen molar-refractivity contribution >= 4 is 11.3 Å². The molecule has 0 amide bonds. The van der Waals surface area contributed by atoms with Crippen LogP contribution in [0.2, 0.25) is 0 Å². The summed E-state index contributed by atoms with van der Waals surface area (Å²) >= 11 is 1.82. The maximum absolute atomic E-state index is 5.50. The van der Waals surface area contributed by atoms with E-state index in [1.807, 2.05) is 36.6 Å². The van der Waals surface area contributed by atoms with E-state index in [9.17, 15) is 0 Å². The number of nitrogens with one attached hydrogen (secondary N) is 1. The van der Waals surface area contributed by atoms with E-state index >= 15 is 0 Å². The molecule has 0 fully saturated rings. The molecule has 1 N–H and O–H groups in total. The Morgan fingerprint density at radius 1 is 1.10 bits per heavy atom. The maximum atomic E-state index is 5.50. The minimum absolute atomic E-state index is 0.110. The molecule has 1 aromatic carbocycles. The van der Waals surface area contributed by atoms with Crippen LogP contribution in [0.1, 0.15) is 26.9 Å². The lowest BCUT2D eigenvalue weighted by Gasteiger charge is -2.20. The summed E-state index contributed by atoms with van der Waals surface area (Å²) in [5, 5.41) is 3.39. The minimum Gasteiger partial charge on any atom is -0.497 e. The van der Waals surface area contributed by atoms with Crippen molar-refractivity contribution < 1.29 is 9.47 Å². The van der Waals surface area contributed by atoms with E-state index in [1.54, 1.807) is 14.2 Å².